The topological polar surface area (TPSA) is 79.8 Å². The predicted molar refractivity (Wildman–Crippen MR) is 102 cm³/mol. The van der Waals surface area contributed by atoms with Crippen LogP contribution in [0.4, 0.5) is 0 Å². The Morgan fingerprint density at radius 3 is 2.54 bits per heavy atom. The smallest absolute Gasteiger partial charge is 0.251 e. The molecule has 1 aliphatic rings. The number of hydrogen-bond acceptors (Lipinski definition) is 4. The summed E-state index contributed by atoms with van der Waals surface area (Å²) >= 11 is 0. The molecule has 0 aliphatic carbocycles. The second-order valence-corrected chi connectivity index (χ2v) is 6.38. The maximum atomic E-state index is 12.4. The van der Waals surface area contributed by atoms with Crippen LogP contribution in [0, 0.1) is 12.3 Å². The Balaban J connectivity index is 1.61. The molecular formula is C21H22N4O. The summed E-state index contributed by atoms with van der Waals surface area (Å²) in [6.07, 6.45) is 7.35. The molecule has 1 amide bonds. The zero-order valence-corrected chi connectivity index (χ0v) is 14.6. The maximum Gasteiger partial charge on any atom is 0.251 e. The lowest BCUT2D eigenvalue weighted by Gasteiger charge is -2.11. The molecule has 0 saturated heterocycles. The third-order valence-electron chi connectivity index (χ3n) is 4.48. The lowest BCUT2D eigenvalue weighted by atomic mass is 10.0. The van der Waals surface area contributed by atoms with Gasteiger partial charge in [-0.25, -0.2) is 0 Å². The van der Waals surface area contributed by atoms with Crippen LogP contribution in [0.2, 0.25) is 0 Å². The summed E-state index contributed by atoms with van der Waals surface area (Å²) in [5.41, 5.74) is 9.07. The molecule has 3 rings (SSSR count). The molecule has 0 radical (unpaired) electrons. The molecule has 0 unspecified atom stereocenters. The molecule has 0 aromatic heterocycles. The molecule has 0 atom stereocenters. The summed E-state index contributed by atoms with van der Waals surface area (Å²) in [6, 6.07) is 15.6. The van der Waals surface area contributed by atoms with E-state index < -0.39 is 0 Å². The molecular weight excluding hydrogens is 324 g/mol. The monoisotopic (exact) mass is 346 g/mol. The molecule has 5 heteroatoms. The van der Waals surface area contributed by atoms with E-state index in [9.17, 15) is 4.79 Å². The quantitative estimate of drug-likeness (QED) is 0.717. The average molecular weight is 346 g/mol. The van der Waals surface area contributed by atoms with Gasteiger partial charge in [-0.05, 0) is 34.9 Å². The highest BCUT2D eigenvalue weighted by molar-refractivity contribution is 5.95. The van der Waals surface area contributed by atoms with Gasteiger partial charge < -0.3 is 11.1 Å². The number of nitrogens with two attached hydrogens (primary N) is 1. The van der Waals surface area contributed by atoms with E-state index in [0.717, 1.165) is 23.1 Å². The third-order valence-corrected chi connectivity index (χ3v) is 4.48. The van der Waals surface area contributed by atoms with Gasteiger partial charge in [-0.2, -0.15) is 10.2 Å². The van der Waals surface area contributed by atoms with E-state index in [4.69, 9.17) is 12.2 Å². The molecule has 2 aromatic carbocycles. The van der Waals surface area contributed by atoms with Gasteiger partial charge in [0.05, 0.1) is 0 Å². The fourth-order valence-electron chi connectivity index (χ4n) is 2.86. The van der Waals surface area contributed by atoms with Crippen LogP contribution < -0.4 is 11.1 Å². The molecule has 0 spiro atoms. The Bertz CT molecular complexity index is 860. The van der Waals surface area contributed by atoms with Crippen LogP contribution in [0.5, 0.6) is 0 Å². The lowest BCUT2D eigenvalue weighted by molar-refractivity contribution is 0.0952. The van der Waals surface area contributed by atoms with E-state index in [1.807, 2.05) is 48.5 Å². The van der Waals surface area contributed by atoms with Gasteiger partial charge in [0.25, 0.3) is 5.91 Å². The zero-order valence-electron chi connectivity index (χ0n) is 14.6. The van der Waals surface area contributed by atoms with E-state index in [1.54, 1.807) is 0 Å². The van der Waals surface area contributed by atoms with Crippen LogP contribution in [-0.4, -0.2) is 18.1 Å². The van der Waals surface area contributed by atoms with Gasteiger partial charge in [0.15, 0.2) is 5.66 Å². The molecule has 0 fully saturated rings. The largest absolute Gasteiger partial charge is 0.352 e. The van der Waals surface area contributed by atoms with E-state index in [2.05, 4.69) is 21.5 Å². The Labute approximate surface area is 153 Å². The molecule has 0 bridgehead atoms. The Morgan fingerprint density at radius 1 is 1.12 bits per heavy atom. The second kappa shape index (κ2) is 7.94. The zero-order chi connectivity index (χ0) is 18.4. The summed E-state index contributed by atoms with van der Waals surface area (Å²) in [5.74, 6) is 2.50. The van der Waals surface area contributed by atoms with Gasteiger partial charge in [0.2, 0.25) is 0 Å². The minimum atomic E-state index is -0.371. The van der Waals surface area contributed by atoms with Crippen molar-refractivity contribution < 1.29 is 4.79 Å². The molecule has 2 aromatic rings. The van der Waals surface area contributed by atoms with Crippen molar-refractivity contribution in [2.45, 2.75) is 31.5 Å². The highest BCUT2D eigenvalue weighted by atomic mass is 16.1. The number of hydrogen-bond donors (Lipinski definition) is 2. The van der Waals surface area contributed by atoms with Crippen LogP contribution in [0.1, 0.15) is 35.2 Å². The Kier molecular flexibility index (Phi) is 5.45. The third kappa shape index (κ3) is 4.35. The first-order valence-corrected chi connectivity index (χ1v) is 8.71. The van der Waals surface area contributed by atoms with Crippen molar-refractivity contribution in [3.8, 4) is 23.5 Å². The molecule has 132 valence electrons. The van der Waals surface area contributed by atoms with Crippen LogP contribution >= 0.6 is 0 Å². The molecule has 1 aliphatic heterocycles. The summed E-state index contributed by atoms with van der Waals surface area (Å²) in [4.78, 5) is 12.4. The number of nitrogens with zero attached hydrogens (tertiary/aromatic N) is 2. The Hall–Kier alpha value is -2.97. The van der Waals surface area contributed by atoms with Gasteiger partial charge in [-0.3, -0.25) is 4.79 Å². The number of carbonyl (C=O) groups excluding carboxylic acids is 1. The summed E-state index contributed by atoms with van der Waals surface area (Å²) in [5, 5.41) is 11.1. The predicted octanol–water partition coefficient (Wildman–Crippen LogP) is 3.51. The van der Waals surface area contributed by atoms with Crippen molar-refractivity contribution in [1.29, 1.82) is 0 Å². The lowest BCUT2D eigenvalue weighted by Crippen LogP contribution is -2.28. The average Bonchev–Trinajstić information content (AvgIpc) is 3.46. The first-order chi connectivity index (χ1) is 12.7. The fourth-order valence-corrected chi connectivity index (χ4v) is 2.86. The fraction of sp³-hybridized carbons (Fsp3) is 0.286. The molecule has 5 nitrogen and oxygen atoms in total. The van der Waals surface area contributed by atoms with E-state index in [-0.39, 0.29) is 11.6 Å². The van der Waals surface area contributed by atoms with Gasteiger partial charge in [-0.15, -0.1) is 12.3 Å². The van der Waals surface area contributed by atoms with Crippen LogP contribution in [0.3, 0.4) is 0 Å². The van der Waals surface area contributed by atoms with E-state index in [1.165, 1.54) is 0 Å². The highest BCUT2D eigenvalue weighted by Gasteiger charge is 2.38. The molecule has 0 saturated carbocycles. The minimum absolute atomic E-state index is 0.102. The van der Waals surface area contributed by atoms with E-state index in [0.29, 0.717) is 31.5 Å². The van der Waals surface area contributed by atoms with E-state index >= 15 is 0 Å². The van der Waals surface area contributed by atoms with Crippen molar-refractivity contribution >= 4 is 5.91 Å². The summed E-state index contributed by atoms with van der Waals surface area (Å²) in [6.45, 7) is 1.01. The second-order valence-electron chi connectivity index (χ2n) is 6.38. The van der Waals surface area contributed by atoms with Crippen molar-refractivity contribution in [2.24, 2.45) is 16.0 Å². The molecule has 26 heavy (non-hydrogen) atoms. The van der Waals surface area contributed by atoms with Crippen molar-refractivity contribution in [1.82, 2.24) is 5.32 Å². The van der Waals surface area contributed by atoms with Gasteiger partial charge >= 0.3 is 0 Å². The van der Waals surface area contributed by atoms with Crippen molar-refractivity contribution in [2.75, 3.05) is 6.54 Å². The molecule has 3 N–H and O–H groups in total. The normalized spacial score (nSPS) is 13.8. The maximum absolute atomic E-state index is 12.4. The first-order valence-electron chi connectivity index (χ1n) is 8.71. The van der Waals surface area contributed by atoms with Crippen molar-refractivity contribution in [3.63, 3.8) is 0 Å². The SMILES string of the molecule is C#CCCC1(CCNC(=O)c2cccc(-c3cccc(CN)c3)c2)N=N1. The first kappa shape index (κ1) is 17.8. The number of nitrogens with one attached hydrogen (secondary N) is 1. The van der Waals surface area contributed by atoms with Crippen LogP contribution in [0.25, 0.3) is 11.1 Å². The number of terminal acetylenes is 1. The standard InChI is InChI=1S/C21H22N4O/c1-2-3-10-21(24-25-21)11-12-23-20(26)19-9-5-8-18(14-19)17-7-4-6-16(13-17)15-22/h1,4-9,13-14H,3,10-12,15,22H2,(H,23,26). The Morgan fingerprint density at radius 2 is 1.85 bits per heavy atom. The highest BCUT2D eigenvalue weighted by Crippen LogP contribution is 2.36. The summed E-state index contributed by atoms with van der Waals surface area (Å²) < 4.78 is 0. The summed E-state index contributed by atoms with van der Waals surface area (Å²) in [7, 11) is 0. The van der Waals surface area contributed by atoms with Crippen LogP contribution in [0.15, 0.2) is 58.8 Å². The number of rotatable bonds is 8. The minimum Gasteiger partial charge on any atom is -0.352 e. The van der Waals surface area contributed by atoms with Crippen LogP contribution in [-0.2, 0) is 6.54 Å². The van der Waals surface area contributed by atoms with Gasteiger partial charge in [0.1, 0.15) is 0 Å². The van der Waals surface area contributed by atoms with Crippen molar-refractivity contribution in [3.05, 3.63) is 59.7 Å². The molecule has 1 heterocycles. The number of benzene rings is 2. The van der Waals surface area contributed by atoms with Gasteiger partial charge in [0, 0.05) is 37.9 Å². The van der Waals surface area contributed by atoms with Gasteiger partial charge in [-0.1, -0.05) is 30.3 Å². The number of amides is 1. The number of carbonyl (C=O) groups is 1.